The Labute approximate surface area is 152 Å². The van der Waals surface area contributed by atoms with Gasteiger partial charge in [-0.2, -0.15) is 0 Å². The van der Waals surface area contributed by atoms with Crippen molar-refractivity contribution in [2.75, 3.05) is 20.3 Å². The Morgan fingerprint density at radius 1 is 1.38 bits per heavy atom. The van der Waals surface area contributed by atoms with E-state index in [-0.39, 0.29) is 36.2 Å². The molecule has 8 nitrogen and oxygen atoms in total. The summed E-state index contributed by atoms with van der Waals surface area (Å²) in [5.41, 5.74) is 0.796. The number of aromatic nitrogens is 1. The minimum atomic E-state index is -0.400. The van der Waals surface area contributed by atoms with Crippen LogP contribution in [0.25, 0.3) is 0 Å². The second kappa shape index (κ2) is 8.27. The van der Waals surface area contributed by atoms with E-state index in [2.05, 4.69) is 15.6 Å². The van der Waals surface area contributed by atoms with Crippen LogP contribution in [0, 0.1) is 11.8 Å². The van der Waals surface area contributed by atoms with Crippen molar-refractivity contribution >= 4 is 17.8 Å². The van der Waals surface area contributed by atoms with Crippen LogP contribution < -0.4 is 10.6 Å². The van der Waals surface area contributed by atoms with E-state index in [4.69, 9.17) is 4.74 Å². The van der Waals surface area contributed by atoms with Crippen LogP contribution in [-0.4, -0.2) is 54.0 Å². The number of carbonyl (C=O) groups is 3. The van der Waals surface area contributed by atoms with Crippen LogP contribution in [0.3, 0.4) is 0 Å². The Kier molecular flexibility index (Phi) is 5.82. The van der Waals surface area contributed by atoms with Crippen LogP contribution >= 0.6 is 0 Å². The van der Waals surface area contributed by atoms with Crippen molar-refractivity contribution in [1.29, 1.82) is 0 Å². The van der Waals surface area contributed by atoms with Gasteiger partial charge in [-0.25, -0.2) is 4.79 Å². The summed E-state index contributed by atoms with van der Waals surface area (Å²) in [4.78, 5) is 42.6. The molecule has 8 heteroatoms. The molecule has 3 atom stereocenters. The number of urea groups is 1. The van der Waals surface area contributed by atoms with E-state index in [0.717, 1.165) is 5.69 Å². The van der Waals surface area contributed by atoms with Gasteiger partial charge in [0.2, 0.25) is 11.8 Å². The van der Waals surface area contributed by atoms with Crippen molar-refractivity contribution < 1.29 is 19.1 Å². The Balaban J connectivity index is 1.55. The van der Waals surface area contributed by atoms with Gasteiger partial charge >= 0.3 is 6.03 Å². The van der Waals surface area contributed by atoms with Gasteiger partial charge in [0.15, 0.2) is 0 Å². The second-order valence-corrected chi connectivity index (χ2v) is 6.69. The SMILES string of the molecule is COCCN1C(=O)NC2CC(C(=O)NCc3ccccn3)CCC2C1=O. The van der Waals surface area contributed by atoms with Gasteiger partial charge in [0.25, 0.3) is 0 Å². The Hall–Kier alpha value is -2.48. The first-order valence-corrected chi connectivity index (χ1v) is 8.88. The fourth-order valence-electron chi connectivity index (χ4n) is 3.62. The van der Waals surface area contributed by atoms with Crippen molar-refractivity contribution in [3.05, 3.63) is 30.1 Å². The average molecular weight is 360 g/mol. The number of imide groups is 1. The minimum Gasteiger partial charge on any atom is -0.383 e. The summed E-state index contributed by atoms with van der Waals surface area (Å²) >= 11 is 0. The second-order valence-electron chi connectivity index (χ2n) is 6.69. The van der Waals surface area contributed by atoms with Crippen LogP contribution in [-0.2, 0) is 20.9 Å². The molecule has 1 aliphatic carbocycles. The van der Waals surface area contributed by atoms with Crippen molar-refractivity contribution in [2.24, 2.45) is 11.8 Å². The van der Waals surface area contributed by atoms with Gasteiger partial charge in [-0.15, -0.1) is 0 Å². The molecule has 0 aromatic carbocycles. The molecule has 2 fully saturated rings. The molecule has 0 radical (unpaired) electrons. The number of fused-ring (bicyclic) bond motifs is 1. The van der Waals surface area contributed by atoms with Gasteiger partial charge in [-0.05, 0) is 31.4 Å². The zero-order valence-corrected chi connectivity index (χ0v) is 14.8. The summed E-state index contributed by atoms with van der Waals surface area (Å²) in [6.07, 6.45) is 3.39. The standard InChI is InChI=1S/C18H24N4O4/c1-26-9-8-22-17(24)14-6-5-12(10-15(14)21-18(22)25)16(23)20-11-13-4-2-3-7-19-13/h2-4,7,12,14-15H,5-6,8-11H2,1H3,(H,20,23)(H,21,25). The third-order valence-electron chi connectivity index (χ3n) is 5.05. The molecule has 2 heterocycles. The maximum atomic E-state index is 12.6. The monoisotopic (exact) mass is 360 g/mol. The van der Waals surface area contributed by atoms with Gasteiger partial charge in [-0.3, -0.25) is 19.5 Å². The number of hydrogen-bond acceptors (Lipinski definition) is 5. The number of amides is 4. The van der Waals surface area contributed by atoms with Gasteiger partial charge in [0.05, 0.1) is 31.3 Å². The summed E-state index contributed by atoms with van der Waals surface area (Å²) < 4.78 is 4.96. The van der Waals surface area contributed by atoms with Crippen LogP contribution in [0.4, 0.5) is 4.79 Å². The molecule has 1 aliphatic heterocycles. The number of pyridine rings is 1. The molecule has 1 aromatic heterocycles. The molecular weight excluding hydrogens is 336 g/mol. The van der Waals surface area contributed by atoms with Gasteiger partial charge in [-0.1, -0.05) is 6.07 Å². The van der Waals surface area contributed by atoms with Crippen molar-refractivity contribution in [3.63, 3.8) is 0 Å². The lowest BCUT2D eigenvalue weighted by molar-refractivity contribution is -0.139. The van der Waals surface area contributed by atoms with Crippen molar-refractivity contribution in [1.82, 2.24) is 20.5 Å². The quantitative estimate of drug-likeness (QED) is 0.777. The zero-order valence-electron chi connectivity index (χ0n) is 14.8. The summed E-state index contributed by atoms with van der Waals surface area (Å²) in [7, 11) is 1.53. The zero-order chi connectivity index (χ0) is 18.5. The predicted molar refractivity (Wildman–Crippen MR) is 92.8 cm³/mol. The van der Waals surface area contributed by atoms with Crippen LogP contribution in [0.2, 0.25) is 0 Å². The first kappa shape index (κ1) is 18.3. The highest BCUT2D eigenvalue weighted by Crippen LogP contribution is 2.33. The highest BCUT2D eigenvalue weighted by molar-refractivity contribution is 5.99. The normalized spacial score (nSPS) is 25.4. The summed E-state index contributed by atoms with van der Waals surface area (Å²) in [6.45, 7) is 0.938. The maximum absolute atomic E-state index is 12.6. The fraction of sp³-hybridized carbons (Fsp3) is 0.556. The molecule has 2 aliphatic rings. The van der Waals surface area contributed by atoms with Gasteiger partial charge in [0, 0.05) is 25.3 Å². The Morgan fingerprint density at radius 3 is 2.96 bits per heavy atom. The van der Waals surface area contributed by atoms with E-state index in [0.29, 0.717) is 32.4 Å². The van der Waals surface area contributed by atoms with E-state index in [1.165, 1.54) is 12.0 Å². The molecule has 1 aromatic rings. The number of hydrogen-bond donors (Lipinski definition) is 2. The molecule has 140 valence electrons. The number of methoxy groups -OCH3 is 1. The fourth-order valence-corrected chi connectivity index (χ4v) is 3.62. The summed E-state index contributed by atoms with van der Waals surface area (Å²) in [5, 5.41) is 5.78. The van der Waals surface area contributed by atoms with E-state index in [1.54, 1.807) is 6.20 Å². The van der Waals surface area contributed by atoms with Crippen molar-refractivity contribution in [3.8, 4) is 0 Å². The molecule has 4 amide bonds. The molecule has 2 N–H and O–H groups in total. The molecule has 3 rings (SSSR count). The third-order valence-corrected chi connectivity index (χ3v) is 5.05. The summed E-state index contributed by atoms with van der Waals surface area (Å²) in [5.74, 6) is -0.691. The van der Waals surface area contributed by atoms with Crippen LogP contribution in [0.1, 0.15) is 25.0 Å². The van der Waals surface area contributed by atoms with E-state index < -0.39 is 6.03 Å². The molecular formula is C18H24N4O4. The van der Waals surface area contributed by atoms with Gasteiger partial charge < -0.3 is 15.4 Å². The lowest BCUT2D eigenvalue weighted by Crippen LogP contribution is -2.62. The minimum absolute atomic E-state index is 0.0578. The third kappa shape index (κ3) is 4.01. The molecule has 3 unspecified atom stereocenters. The molecule has 0 spiro atoms. The first-order valence-electron chi connectivity index (χ1n) is 8.88. The smallest absolute Gasteiger partial charge is 0.324 e. The Morgan fingerprint density at radius 2 is 2.23 bits per heavy atom. The lowest BCUT2D eigenvalue weighted by Gasteiger charge is -2.41. The van der Waals surface area contributed by atoms with Crippen LogP contribution in [0.15, 0.2) is 24.4 Å². The number of carbonyl (C=O) groups excluding carboxylic acids is 3. The lowest BCUT2D eigenvalue weighted by atomic mass is 9.76. The van der Waals surface area contributed by atoms with Crippen molar-refractivity contribution in [2.45, 2.75) is 31.8 Å². The summed E-state index contributed by atoms with van der Waals surface area (Å²) in [6, 6.07) is 4.87. The number of ether oxygens (including phenoxy) is 1. The largest absolute Gasteiger partial charge is 0.383 e. The topological polar surface area (TPSA) is 101 Å². The first-order chi connectivity index (χ1) is 12.6. The number of rotatable bonds is 6. The molecule has 1 saturated heterocycles. The maximum Gasteiger partial charge on any atom is 0.324 e. The number of nitrogens with one attached hydrogen (secondary N) is 2. The molecule has 0 bridgehead atoms. The highest BCUT2D eigenvalue weighted by Gasteiger charge is 2.45. The van der Waals surface area contributed by atoms with E-state index in [9.17, 15) is 14.4 Å². The number of nitrogens with zero attached hydrogens (tertiary/aromatic N) is 2. The highest BCUT2D eigenvalue weighted by atomic mass is 16.5. The predicted octanol–water partition coefficient (Wildman–Crippen LogP) is 0.681. The van der Waals surface area contributed by atoms with E-state index >= 15 is 0 Å². The average Bonchev–Trinajstić information content (AvgIpc) is 2.66. The van der Waals surface area contributed by atoms with E-state index in [1.807, 2.05) is 18.2 Å². The molecule has 26 heavy (non-hydrogen) atoms. The Bertz CT molecular complexity index is 666. The molecule has 1 saturated carbocycles. The van der Waals surface area contributed by atoms with Crippen LogP contribution in [0.5, 0.6) is 0 Å². The van der Waals surface area contributed by atoms with Gasteiger partial charge in [0.1, 0.15) is 0 Å².